The number of rotatable bonds is 6. The predicted octanol–water partition coefficient (Wildman–Crippen LogP) is 4.43. The molecule has 3 rings (SSSR count). The Morgan fingerprint density at radius 3 is 2.42 bits per heavy atom. The number of anilines is 3. The van der Waals surface area contributed by atoms with Crippen LogP contribution in [-0.4, -0.2) is 17.1 Å². The predicted molar refractivity (Wildman–Crippen MR) is 96.7 cm³/mol. The maximum atomic E-state index is 13.3. The maximum Gasteiger partial charge on any atom is 0.225 e. The average molecular weight is 356 g/mol. The first kappa shape index (κ1) is 17.6. The van der Waals surface area contributed by atoms with Gasteiger partial charge in [0.25, 0.3) is 0 Å². The van der Waals surface area contributed by atoms with E-state index in [2.05, 4.69) is 20.6 Å². The molecule has 0 amide bonds. The van der Waals surface area contributed by atoms with Crippen LogP contribution in [0.2, 0.25) is 0 Å². The molecule has 0 saturated carbocycles. The molecule has 134 valence electrons. The van der Waals surface area contributed by atoms with Crippen LogP contribution in [0.25, 0.3) is 0 Å². The van der Waals surface area contributed by atoms with Gasteiger partial charge in [-0.15, -0.1) is 0 Å². The number of ether oxygens (including phenoxy) is 1. The molecule has 0 aliphatic rings. The molecule has 0 saturated heterocycles. The number of benzene rings is 2. The van der Waals surface area contributed by atoms with Crippen molar-refractivity contribution in [3.8, 4) is 5.75 Å². The largest absolute Gasteiger partial charge is 0.497 e. The van der Waals surface area contributed by atoms with Crippen LogP contribution in [-0.2, 0) is 6.54 Å². The third-order valence-corrected chi connectivity index (χ3v) is 3.66. The minimum absolute atomic E-state index is 0.406. The Bertz CT molecular complexity index is 901. The number of nitrogens with one attached hydrogen (secondary N) is 2. The van der Waals surface area contributed by atoms with Crippen LogP contribution in [0.5, 0.6) is 5.75 Å². The summed E-state index contributed by atoms with van der Waals surface area (Å²) in [5.74, 6) is -0.0971. The Labute approximate surface area is 150 Å². The Morgan fingerprint density at radius 1 is 0.962 bits per heavy atom. The number of halogens is 2. The summed E-state index contributed by atoms with van der Waals surface area (Å²) in [6.45, 7) is 2.37. The molecule has 0 radical (unpaired) electrons. The highest BCUT2D eigenvalue weighted by Crippen LogP contribution is 2.19. The topological polar surface area (TPSA) is 59.1 Å². The molecule has 2 N–H and O–H groups in total. The second-order valence-corrected chi connectivity index (χ2v) is 5.67. The lowest BCUT2D eigenvalue weighted by molar-refractivity contribution is 0.414. The molecule has 0 aliphatic heterocycles. The second kappa shape index (κ2) is 7.77. The van der Waals surface area contributed by atoms with Crippen molar-refractivity contribution >= 4 is 17.5 Å². The molecule has 0 spiro atoms. The number of hydrogen-bond acceptors (Lipinski definition) is 5. The second-order valence-electron chi connectivity index (χ2n) is 5.67. The summed E-state index contributed by atoms with van der Waals surface area (Å²) in [6.07, 6.45) is 0. The summed E-state index contributed by atoms with van der Waals surface area (Å²) in [7, 11) is 1.62. The third kappa shape index (κ3) is 4.44. The van der Waals surface area contributed by atoms with Crippen molar-refractivity contribution in [2.75, 3.05) is 17.7 Å². The molecule has 0 aliphatic carbocycles. The summed E-state index contributed by atoms with van der Waals surface area (Å²) in [5, 5.41) is 6.10. The molecule has 26 heavy (non-hydrogen) atoms. The quantitative estimate of drug-likeness (QED) is 0.684. The number of methoxy groups -OCH3 is 1. The van der Waals surface area contributed by atoms with Gasteiger partial charge in [0.1, 0.15) is 11.6 Å². The Balaban J connectivity index is 1.71. The first-order chi connectivity index (χ1) is 12.5. The van der Waals surface area contributed by atoms with Crippen molar-refractivity contribution < 1.29 is 13.5 Å². The van der Waals surface area contributed by atoms with E-state index in [-0.39, 0.29) is 0 Å². The van der Waals surface area contributed by atoms with E-state index < -0.39 is 11.6 Å². The van der Waals surface area contributed by atoms with E-state index in [9.17, 15) is 8.78 Å². The zero-order valence-electron chi connectivity index (χ0n) is 14.4. The van der Waals surface area contributed by atoms with Crippen LogP contribution in [0.3, 0.4) is 0 Å². The van der Waals surface area contributed by atoms with Gasteiger partial charge in [-0.3, -0.25) is 0 Å². The van der Waals surface area contributed by atoms with Crippen molar-refractivity contribution in [1.82, 2.24) is 9.97 Å². The molecule has 2 aromatic carbocycles. The highest BCUT2D eigenvalue weighted by Gasteiger charge is 2.06. The number of hydrogen-bond donors (Lipinski definition) is 2. The van der Waals surface area contributed by atoms with Gasteiger partial charge >= 0.3 is 0 Å². The monoisotopic (exact) mass is 356 g/mol. The summed E-state index contributed by atoms with van der Waals surface area (Å²) in [5.41, 5.74) is 2.19. The van der Waals surface area contributed by atoms with Gasteiger partial charge < -0.3 is 15.4 Å². The standard InChI is InChI=1S/C19H18F2N4O/c1-12-9-18(24-14-5-8-16(20)17(21)10-14)25-19(23-12)22-11-13-3-6-15(26-2)7-4-13/h3-10H,11H2,1-2H3,(H2,22,23,24,25). The van der Waals surface area contributed by atoms with Gasteiger partial charge in [-0.05, 0) is 36.8 Å². The fourth-order valence-electron chi connectivity index (χ4n) is 2.36. The molecular formula is C19H18F2N4O. The molecule has 1 heterocycles. The normalized spacial score (nSPS) is 10.5. The first-order valence-electron chi connectivity index (χ1n) is 7.98. The highest BCUT2D eigenvalue weighted by atomic mass is 19.2. The zero-order valence-corrected chi connectivity index (χ0v) is 14.4. The van der Waals surface area contributed by atoms with Gasteiger partial charge in [-0.25, -0.2) is 13.8 Å². The van der Waals surface area contributed by atoms with E-state index in [0.29, 0.717) is 24.0 Å². The van der Waals surface area contributed by atoms with Crippen LogP contribution in [0.15, 0.2) is 48.5 Å². The van der Waals surface area contributed by atoms with E-state index in [1.807, 2.05) is 31.2 Å². The van der Waals surface area contributed by atoms with Crippen molar-refractivity contribution in [3.63, 3.8) is 0 Å². The number of aromatic nitrogens is 2. The van der Waals surface area contributed by atoms with E-state index in [4.69, 9.17) is 4.74 Å². The first-order valence-corrected chi connectivity index (χ1v) is 7.98. The maximum absolute atomic E-state index is 13.3. The van der Waals surface area contributed by atoms with E-state index >= 15 is 0 Å². The molecule has 5 nitrogen and oxygen atoms in total. The van der Waals surface area contributed by atoms with Gasteiger partial charge in [-0.1, -0.05) is 12.1 Å². The van der Waals surface area contributed by atoms with Gasteiger partial charge in [0.15, 0.2) is 11.6 Å². The molecule has 0 bridgehead atoms. The van der Waals surface area contributed by atoms with Gasteiger partial charge in [-0.2, -0.15) is 4.98 Å². The van der Waals surface area contributed by atoms with Gasteiger partial charge in [0, 0.05) is 30.1 Å². The molecule has 1 aromatic heterocycles. The Hall–Kier alpha value is -3.22. The van der Waals surface area contributed by atoms with Crippen LogP contribution in [0.1, 0.15) is 11.3 Å². The zero-order chi connectivity index (χ0) is 18.5. The summed E-state index contributed by atoms with van der Waals surface area (Å²) in [6, 6.07) is 13.0. The molecular weight excluding hydrogens is 338 g/mol. The lowest BCUT2D eigenvalue weighted by Crippen LogP contribution is -2.06. The average Bonchev–Trinajstić information content (AvgIpc) is 2.63. The minimum atomic E-state index is -0.918. The van der Waals surface area contributed by atoms with Crippen LogP contribution >= 0.6 is 0 Å². The van der Waals surface area contributed by atoms with Crippen LogP contribution in [0.4, 0.5) is 26.2 Å². The Kier molecular flexibility index (Phi) is 5.26. The lowest BCUT2D eigenvalue weighted by Gasteiger charge is -2.10. The Morgan fingerprint density at radius 2 is 1.73 bits per heavy atom. The van der Waals surface area contributed by atoms with Crippen LogP contribution in [0, 0.1) is 18.6 Å². The lowest BCUT2D eigenvalue weighted by atomic mass is 10.2. The minimum Gasteiger partial charge on any atom is -0.497 e. The fourth-order valence-corrected chi connectivity index (χ4v) is 2.36. The van der Waals surface area contributed by atoms with Crippen molar-refractivity contribution in [3.05, 3.63) is 71.4 Å². The fraction of sp³-hybridized carbons (Fsp3) is 0.158. The summed E-state index contributed by atoms with van der Waals surface area (Å²) >= 11 is 0. The smallest absolute Gasteiger partial charge is 0.225 e. The SMILES string of the molecule is COc1ccc(CNc2nc(C)cc(Nc3ccc(F)c(F)c3)n2)cc1. The van der Waals surface area contributed by atoms with Gasteiger partial charge in [0.2, 0.25) is 5.95 Å². The number of aryl methyl sites for hydroxylation is 1. The molecule has 0 unspecified atom stereocenters. The van der Waals surface area contributed by atoms with Crippen LogP contribution < -0.4 is 15.4 Å². The van der Waals surface area contributed by atoms with Crippen molar-refractivity contribution in [2.24, 2.45) is 0 Å². The number of nitrogens with zero attached hydrogens (tertiary/aromatic N) is 2. The van der Waals surface area contributed by atoms with Gasteiger partial charge in [0.05, 0.1) is 7.11 Å². The van der Waals surface area contributed by atoms with E-state index in [1.165, 1.54) is 6.07 Å². The molecule has 7 heteroatoms. The van der Waals surface area contributed by atoms with Crippen molar-refractivity contribution in [1.29, 1.82) is 0 Å². The van der Waals surface area contributed by atoms with E-state index in [1.54, 1.807) is 13.2 Å². The molecule has 3 aromatic rings. The van der Waals surface area contributed by atoms with E-state index in [0.717, 1.165) is 29.1 Å². The third-order valence-electron chi connectivity index (χ3n) is 3.66. The highest BCUT2D eigenvalue weighted by molar-refractivity contribution is 5.57. The molecule has 0 fully saturated rings. The summed E-state index contributed by atoms with van der Waals surface area (Å²) in [4.78, 5) is 8.69. The van der Waals surface area contributed by atoms with Crippen molar-refractivity contribution in [2.45, 2.75) is 13.5 Å². The molecule has 0 atom stereocenters. The summed E-state index contributed by atoms with van der Waals surface area (Å²) < 4.78 is 31.5.